The summed E-state index contributed by atoms with van der Waals surface area (Å²) in [6.07, 6.45) is 3.55. The molecule has 7 nitrogen and oxygen atoms in total. The maximum Gasteiger partial charge on any atom is 0.158 e. The number of nitriles is 1. The van der Waals surface area contributed by atoms with Gasteiger partial charge in [0.1, 0.15) is 11.9 Å². The summed E-state index contributed by atoms with van der Waals surface area (Å²) in [7, 11) is 0. The minimum Gasteiger partial charge on any atom is -0.374 e. The highest BCUT2D eigenvalue weighted by molar-refractivity contribution is 5.37. The van der Waals surface area contributed by atoms with Gasteiger partial charge in [-0.1, -0.05) is 6.92 Å². The van der Waals surface area contributed by atoms with Crippen molar-refractivity contribution in [3.05, 3.63) is 18.1 Å². The van der Waals surface area contributed by atoms with Gasteiger partial charge >= 0.3 is 0 Å². The highest BCUT2D eigenvalue weighted by Gasteiger charge is 2.24. The van der Waals surface area contributed by atoms with Crippen LogP contribution in [0.5, 0.6) is 0 Å². The van der Waals surface area contributed by atoms with E-state index in [-0.39, 0.29) is 0 Å². The van der Waals surface area contributed by atoms with Crippen molar-refractivity contribution in [1.29, 1.82) is 5.26 Å². The van der Waals surface area contributed by atoms with Crippen LogP contribution < -0.4 is 4.90 Å². The summed E-state index contributed by atoms with van der Waals surface area (Å²) in [5.41, 5.74) is 0.363. The van der Waals surface area contributed by atoms with Gasteiger partial charge in [-0.05, 0) is 6.54 Å². The van der Waals surface area contributed by atoms with E-state index in [0.29, 0.717) is 11.8 Å². The molecule has 124 valence electrons. The molecule has 2 fully saturated rings. The quantitative estimate of drug-likeness (QED) is 0.785. The van der Waals surface area contributed by atoms with Crippen molar-refractivity contribution >= 4 is 5.82 Å². The molecule has 0 aromatic carbocycles. The van der Waals surface area contributed by atoms with E-state index < -0.39 is 0 Å². The Morgan fingerprint density at radius 3 is 2.65 bits per heavy atom. The average Bonchev–Trinajstić information content (AvgIpc) is 2.63. The van der Waals surface area contributed by atoms with Gasteiger partial charge in [0.05, 0.1) is 25.1 Å². The lowest BCUT2D eigenvalue weighted by Crippen LogP contribution is -2.52. The van der Waals surface area contributed by atoms with Crippen molar-refractivity contribution in [3.63, 3.8) is 0 Å². The van der Waals surface area contributed by atoms with E-state index in [2.05, 4.69) is 31.6 Å². The van der Waals surface area contributed by atoms with Gasteiger partial charge in [-0.3, -0.25) is 9.80 Å². The van der Waals surface area contributed by atoms with Crippen LogP contribution in [0, 0.1) is 11.3 Å². The summed E-state index contributed by atoms with van der Waals surface area (Å²) < 4.78 is 5.90. The fourth-order valence-electron chi connectivity index (χ4n) is 3.17. The van der Waals surface area contributed by atoms with Crippen molar-refractivity contribution in [2.45, 2.75) is 13.0 Å². The molecule has 1 atom stereocenters. The van der Waals surface area contributed by atoms with E-state index in [1.165, 1.54) is 6.20 Å². The van der Waals surface area contributed by atoms with Gasteiger partial charge in [-0.15, -0.1) is 0 Å². The molecule has 0 aliphatic carbocycles. The molecule has 2 aliphatic heterocycles. The fourth-order valence-corrected chi connectivity index (χ4v) is 3.17. The largest absolute Gasteiger partial charge is 0.374 e. The Hall–Kier alpha value is -1.75. The van der Waals surface area contributed by atoms with Crippen LogP contribution in [0.2, 0.25) is 0 Å². The number of aromatic nitrogens is 2. The van der Waals surface area contributed by atoms with Crippen LogP contribution in [0.15, 0.2) is 12.4 Å². The monoisotopic (exact) mass is 316 g/mol. The topological polar surface area (TPSA) is 68.5 Å². The third kappa shape index (κ3) is 4.16. The van der Waals surface area contributed by atoms with Crippen LogP contribution in [0.3, 0.4) is 0 Å². The summed E-state index contributed by atoms with van der Waals surface area (Å²) in [6.45, 7) is 11.1. The van der Waals surface area contributed by atoms with Gasteiger partial charge < -0.3 is 9.64 Å². The van der Waals surface area contributed by atoms with Crippen LogP contribution >= 0.6 is 0 Å². The summed E-state index contributed by atoms with van der Waals surface area (Å²) in [6, 6.07) is 2.00. The first-order valence-corrected chi connectivity index (χ1v) is 8.32. The number of ether oxygens (including phenoxy) is 1. The maximum atomic E-state index is 8.78. The molecule has 3 heterocycles. The molecule has 0 bridgehead atoms. The Balaban J connectivity index is 1.47. The summed E-state index contributed by atoms with van der Waals surface area (Å²) in [4.78, 5) is 15.6. The molecule has 2 saturated heterocycles. The van der Waals surface area contributed by atoms with E-state index in [1.54, 1.807) is 6.20 Å². The first kappa shape index (κ1) is 16.1. The Kier molecular flexibility index (Phi) is 5.39. The third-order valence-corrected chi connectivity index (χ3v) is 4.58. The molecule has 1 aromatic rings. The van der Waals surface area contributed by atoms with Crippen LogP contribution in [-0.4, -0.2) is 84.8 Å². The predicted molar refractivity (Wildman–Crippen MR) is 87.3 cm³/mol. The van der Waals surface area contributed by atoms with E-state index in [4.69, 9.17) is 10.00 Å². The lowest BCUT2D eigenvalue weighted by Gasteiger charge is -2.39. The minimum atomic E-state index is 0.324. The summed E-state index contributed by atoms with van der Waals surface area (Å²) >= 11 is 0. The number of rotatable bonds is 4. The van der Waals surface area contributed by atoms with E-state index in [1.807, 2.05) is 6.07 Å². The van der Waals surface area contributed by atoms with E-state index in [9.17, 15) is 0 Å². The molecular weight excluding hydrogens is 292 g/mol. The van der Waals surface area contributed by atoms with Crippen molar-refractivity contribution in [2.75, 3.05) is 63.9 Å². The molecule has 1 aromatic heterocycles. The number of hydrogen-bond donors (Lipinski definition) is 0. The van der Waals surface area contributed by atoms with E-state index in [0.717, 1.165) is 64.8 Å². The Bertz CT molecular complexity index is 534. The Morgan fingerprint density at radius 2 is 2.00 bits per heavy atom. The minimum absolute atomic E-state index is 0.324. The van der Waals surface area contributed by atoms with Crippen LogP contribution in [-0.2, 0) is 4.74 Å². The first-order chi connectivity index (χ1) is 11.3. The second-order valence-corrected chi connectivity index (χ2v) is 6.05. The smallest absolute Gasteiger partial charge is 0.158 e. The molecule has 0 amide bonds. The molecule has 23 heavy (non-hydrogen) atoms. The highest BCUT2D eigenvalue weighted by Crippen LogP contribution is 2.14. The summed E-state index contributed by atoms with van der Waals surface area (Å²) in [5, 5.41) is 8.78. The van der Waals surface area contributed by atoms with Gasteiger partial charge in [-0.25, -0.2) is 9.97 Å². The molecule has 2 aliphatic rings. The Labute approximate surface area is 137 Å². The highest BCUT2D eigenvalue weighted by atomic mass is 16.5. The molecule has 7 heteroatoms. The fraction of sp³-hybridized carbons (Fsp3) is 0.688. The lowest BCUT2D eigenvalue weighted by atomic mass is 10.2. The molecule has 0 radical (unpaired) electrons. The van der Waals surface area contributed by atoms with Gasteiger partial charge in [-0.2, -0.15) is 5.26 Å². The molecular formula is C16H24N6O. The molecule has 1 unspecified atom stereocenters. The number of nitrogens with zero attached hydrogens (tertiary/aromatic N) is 6. The average molecular weight is 316 g/mol. The van der Waals surface area contributed by atoms with Crippen LogP contribution in [0.1, 0.15) is 12.6 Å². The zero-order valence-electron chi connectivity index (χ0n) is 13.7. The standard InChI is InChI=1S/C16H24N6O/c1-2-20-7-8-23-15(12-20)13-21-3-5-22(6-4-21)16-11-18-14(9-17)10-19-16/h10-11,15H,2-8,12-13H2,1H3. The third-order valence-electron chi connectivity index (χ3n) is 4.58. The van der Waals surface area contributed by atoms with Crippen molar-refractivity contribution in [2.24, 2.45) is 0 Å². The van der Waals surface area contributed by atoms with Crippen LogP contribution in [0.4, 0.5) is 5.82 Å². The zero-order valence-corrected chi connectivity index (χ0v) is 13.7. The number of morpholine rings is 1. The van der Waals surface area contributed by atoms with Gasteiger partial charge in [0, 0.05) is 45.8 Å². The number of likely N-dealkylation sites (N-methyl/N-ethyl adjacent to an activating group) is 1. The molecule has 0 N–H and O–H groups in total. The van der Waals surface area contributed by atoms with E-state index >= 15 is 0 Å². The molecule has 0 saturated carbocycles. The van der Waals surface area contributed by atoms with Crippen LogP contribution in [0.25, 0.3) is 0 Å². The maximum absolute atomic E-state index is 8.78. The van der Waals surface area contributed by atoms with Gasteiger partial charge in [0.2, 0.25) is 0 Å². The number of anilines is 1. The number of hydrogen-bond acceptors (Lipinski definition) is 7. The normalized spacial score (nSPS) is 23.7. The second-order valence-electron chi connectivity index (χ2n) is 6.05. The second kappa shape index (κ2) is 7.68. The SMILES string of the molecule is CCN1CCOC(CN2CCN(c3cnc(C#N)cn3)CC2)C1. The Morgan fingerprint density at radius 1 is 1.17 bits per heavy atom. The van der Waals surface area contributed by atoms with Crippen molar-refractivity contribution in [1.82, 2.24) is 19.8 Å². The summed E-state index contributed by atoms with van der Waals surface area (Å²) in [5.74, 6) is 0.856. The molecule has 0 spiro atoms. The van der Waals surface area contributed by atoms with Crippen molar-refractivity contribution < 1.29 is 4.74 Å². The van der Waals surface area contributed by atoms with Crippen molar-refractivity contribution in [3.8, 4) is 6.07 Å². The zero-order chi connectivity index (χ0) is 16.1. The first-order valence-electron chi connectivity index (χ1n) is 8.32. The van der Waals surface area contributed by atoms with Gasteiger partial charge in [0.15, 0.2) is 5.69 Å². The van der Waals surface area contributed by atoms with Gasteiger partial charge in [0.25, 0.3) is 0 Å². The number of piperazine rings is 1. The lowest BCUT2D eigenvalue weighted by molar-refractivity contribution is -0.0422. The molecule has 3 rings (SSSR count). The predicted octanol–water partition coefficient (Wildman–Crippen LogP) is 0.191.